The molecule has 30 heavy (non-hydrogen) atoms. The summed E-state index contributed by atoms with van der Waals surface area (Å²) in [6.45, 7) is 0. The van der Waals surface area contributed by atoms with Crippen LogP contribution in [-0.2, 0) is 21.2 Å². The first-order chi connectivity index (χ1) is 14.2. The molecule has 1 aromatic heterocycles. The van der Waals surface area contributed by atoms with E-state index in [1.807, 2.05) is 48.6 Å². The van der Waals surface area contributed by atoms with E-state index in [4.69, 9.17) is 0 Å². The molecule has 9 heteroatoms. The normalized spacial score (nSPS) is 11.2. The first-order valence-electron chi connectivity index (χ1n) is 9.29. The van der Waals surface area contributed by atoms with Crippen LogP contribution in [0.3, 0.4) is 0 Å². The molecule has 0 saturated carbocycles. The number of sulfonamides is 1. The maximum Gasteiger partial charge on any atom is 0.229 e. The van der Waals surface area contributed by atoms with Gasteiger partial charge in [0, 0.05) is 42.8 Å². The largest absolute Gasteiger partial charge is 0.378 e. The number of rotatable bonds is 8. The van der Waals surface area contributed by atoms with E-state index in [0.29, 0.717) is 23.7 Å². The van der Waals surface area contributed by atoms with E-state index in [1.165, 1.54) is 11.3 Å². The van der Waals surface area contributed by atoms with Crippen LogP contribution in [0.2, 0.25) is 0 Å². The summed E-state index contributed by atoms with van der Waals surface area (Å²) in [6, 6.07) is 15.1. The third kappa shape index (κ3) is 6.30. The summed E-state index contributed by atoms with van der Waals surface area (Å²) >= 11 is 1.35. The van der Waals surface area contributed by atoms with Crippen LogP contribution in [0.25, 0.3) is 11.3 Å². The van der Waals surface area contributed by atoms with Gasteiger partial charge in [0.1, 0.15) is 0 Å². The fourth-order valence-corrected chi connectivity index (χ4v) is 4.09. The zero-order valence-electron chi connectivity index (χ0n) is 17.0. The SMILES string of the molecule is CN(C)c1ccc(CCC(=O)Nc2nc(-c3ccc(NS(C)(=O)=O)cc3)cs2)cc1. The molecule has 1 amide bonds. The van der Waals surface area contributed by atoms with Crippen molar-refractivity contribution in [3.05, 3.63) is 59.5 Å². The molecule has 3 rings (SSSR count). The first-order valence-corrected chi connectivity index (χ1v) is 12.1. The van der Waals surface area contributed by atoms with E-state index in [-0.39, 0.29) is 5.91 Å². The van der Waals surface area contributed by atoms with E-state index in [9.17, 15) is 13.2 Å². The van der Waals surface area contributed by atoms with Gasteiger partial charge in [-0.3, -0.25) is 9.52 Å². The molecule has 0 atom stereocenters. The van der Waals surface area contributed by atoms with Gasteiger partial charge in [-0.05, 0) is 36.2 Å². The molecule has 0 aliphatic rings. The lowest BCUT2D eigenvalue weighted by molar-refractivity contribution is -0.116. The third-order valence-corrected chi connectivity index (χ3v) is 5.69. The number of nitrogens with zero attached hydrogens (tertiary/aromatic N) is 2. The van der Waals surface area contributed by atoms with Gasteiger partial charge >= 0.3 is 0 Å². The summed E-state index contributed by atoms with van der Waals surface area (Å²) in [7, 11) is 0.674. The predicted molar refractivity (Wildman–Crippen MR) is 124 cm³/mol. The number of nitrogens with one attached hydrogen (secondary N) is 2. The number of aryl methyl sites for hydroxylation is 1. The van der Waals surface area contributed by atoms with Crippen LogP contribution >= 0.6 is 11.3 Å². The van der Waals surface area contributed by atoms with Gasteiger partial charge in [0.2, 0.25) is 15.9 Å². The van der Waals surface area contributed by atoms with Crippen LogP contribution in [-0.4, -0.2) is 39.7 Å². The van der Waals surface area contributed by atoms with Crippen molar-refractivity contribution < 1.29 is 13.2 Å². The third-order valence-electron chi connectivity index (χ3n) is 4.33. The number of thiazole rings is 1. The van der Waals surface area contributed by atoms with Crippen molar-refractivity contribution in [2.24, 2.45) is 0 Å². The molecule has 2 N–H and O–H groups in total. The smallest absolute Gasteiger partial charge is 0.229 e. The Kier molecular flexibility index (Phi) is 6.73. The van der Waals surface area contributed by atoms with Gasteiger partial charge in [0.05, 0.1) is 11.9 Å². The Balaban J connectivity index is 1.55. The highest BCUT2D eigenvalue weighted by molar-refractivity contribution is 7.92. The van der Waals surface area contributed by atoms with E-state index in [2.05, 4.69) is 15.0 Å². The number of anilines is 3. The fourth-order valence-electron chi connectivity index (χ4n) is 2.79. The first kappa shape index (κ1) is 21.8. The van der Waals surface area contributed by atoms with Crippen molar-refractivity contribution in [2.45, 2.75) is 12.8 Å². The second-order valence-electron chi connectivity index (χ2n) is 7.10. The molecule has 158 valence electrons. The Morgan fingerprint density at radius 1 is 1.07 bits per heavy atom. The van der Waals surface area contributed by atoms with Gasteiger partial charge < -0.3 is 10.2 Å². The molecule has 0 aliphatic heterocycles. The average molecular weight is 445 g/mol. The van der Waals surface area contributed by atoms with Crippen molar-refractivity contribution in [3.63, 3.8) is 0 Å². The summed E-state index contributed by atoms with van der Waals surface area (Å²) in [4.78, 5) is 18.8. The summed E-state index contributed by atoms with van der Waals surface area (Å²) in [5, 5.41) is 5.24. The quantitative estimate of drug-likeness (QED) is 0.551. The lowest BCUT2D eigenvalue weighted by atomic mass is 10.1. The number of carbonyl (C=O) groups excluding carboxylic acids is 1. The lowest BCUT2D eigenvalue weighted by Gasteiger charge is -2.12. The van der Waals surface area contributed by atoms with Gasteiger partial charge in [-0.1, -0.05) is 24.3 Å². The predicted octanol–water partition coefficient (Wildman–Crippen LogP) is 3.82. The van der Waals surface area contributed by atoms with E-state index in [0.717, 1.165) is 28.8 Å². The highest BCUT2D eigenvalue weighted by Crippen LogP contribution is 2.26. The fraction of sp³-hybridized carbons (Fsp3) is 0.238. The standard InChI is InChI=1S/C21H24N4O3S2/c1-25(2)18-11-4-15(5-12-18)6-13-20(26)23-21-22-19(14-29-21)16-7-9-17(10-8-16)24-30(3,27)28/h4-5,7-12,14,24H,6,13H2,1-3H3,(H,22,23,26). The van der Waals surface area contributed by atoms with Crippen LogP contribution in [0.1, 0.15) is 12.0 Å². The topological polar surface area (TPSA) is 91.4 Å². The Morgan fingerprint density at radius 2 is 1.73 bits per heavy atom. The number of carbonyl (C=O) groups is 1. The summed E-state index contributed by atoms with van der Waals surface area (Å²) in [5.41, 5.74) is 4.29. The maximum atomic E-state index is 12.3. The molecule has 0 saturated heterocycles. The summed E-state index contributed by atoms with van der Waals surface area (Å²) < 4.78 is 25.0. The molecule has 0 radical (unpaired) electrons. The van der Waals surface area contributed by atoms with E-state index >= 15 is 0 Å². The van der Waals surface area contributed by atoms with E-state index < -0.39 is 10.0 Å². The van der Waals surface area contributed by atoms with Gasteiger partial charge in [0.25, 0.3) is 0 Å². The molecule has 0 unspecified atom stereocenters. The molecule has 3 aromatic rings. The van der Waals surface area contributed by atoms with Crippen molar-refractivity contribution in [3.8, 4) is 11.3 Å². The minimum atomic E-state index is -3.31. The zero-order valence-corrected chi connectivity index (χ0v) is 18.7. The van der Waals surface area contributed by atoms with Crippen LogP contribution in [0.4, 0.5) is 16.5 Å². The minimum absolute atomic E-state index is 0.0831. The molecule has 0 aliphatic carbocycles. The highest BCUT2D eigenvalue weighted by atomic mass is 32.2. The molecule has 1 heterocycles. The van der Waals surface area contributed by atoms with Crippen molar-refractivity contribution >= 4 is 43.8 Å². The molecule has 7 nitrogen and oxygen atoms in total. The monoisotopic (exact) mass is 444 g/mol. The van der Waals surface area contributed by atoms with Crippen LogP contribution < -0.4 is 14.9 Å². The molecule has 0 spiro atoms. The van der Waals surface area contributed by atoms with Gasteiger partial charge in [-0.2, -0.15) is 0 Å². The molecular formula is C21H24N4O3S2. The summed E-state index contributed by atoms with van der Waals surface area (Å²) in [6.07, 6.45) is 2.14. The van der Waals surface area contributed by atoms with Gasteiger partial charge in [0.15, 0.2) is 5.13 Å². The Bertz CT molecular complexity index is 1110. The van der Waals surface area contributed by atoms with Gasteiger partial charge in [-0.25, -0.2) is 13.4 Å². The summed E-state index contributed by atoms with van der Waals surface area (Å²) in [5.74, 6) is -0.0831. The number of hydrogen-bond acceptors (Lipinski definition) is 6. The van der Waals surface area contributed by atoms with Crippen molar-refractivity contribution in [1.29, 1.82) is 0 Å². The average Bonchev–Trinajstić information content (AvgIpc) is 3.14. The number of benzene rings is 2. The minimum Gasteiger partial charge on any atom is -0.378 e. The van der Waals surface area contributed by atoms with Crippen LogP contribution in [0.5, 0.6) is 0 Å². The Labute approximate surface area is 180 Å². The molecule has 2 aromatic carbocycles. The van der Waals surface area contributed by atoms with Crippen molar-refractivity contribution in [1.82, 2.24) is 4.98 Å². The number of aromatic nitrogens is 1. The molecule has 0 bridgehead atoms. The molecular weight excluding hydrogens is 420 g/mol. The van der Waals surface area contributed by atoms with Crippen molar-refractivity contribution in [2.75, 3.05) is 35.3 Å². The molecule has 0 fully saturated rings. The second-order valence-corrected chi connectivity index (χ2v) is 9.71. The second kappa shape index (κ2) is 9.27. The van der Waals surface area contributed by atoms with Crippen LogP contribution in [0, 0.1) is 0 Å². The van der Waals surface area contributed by atoms with Gasteiger partial charge in [-0.15, -0.1) is 11.3 Å². The lowest BCUT2D eigenvalue weighted by Crippen LogP contribution is -2.12. The number of hydrogen-bond donors (Lipinski definition) is 2. The highest BCUT2D eigenvalue weighted by Gasteiger charge is 2.09. The zero-order chi connectivity index (χ0) is 21.7. The maximum absolute atomic E-state index is 12.3. The van der Waals surface area contributed by atoms with Crippen LogP contribution in [0.15, 0.2) is 53.9 Å². The Hall–Kier alpha value is -2.91. The van der Waals surface area contributed by atoms with E-state index in [1.54, 1.807) is 24.3 Å². The Morgan fingerprint density at radius 3 is 2.33 bits per heavy atom. The number of amides is 1.